The van der Waals surface area contributed by atoms with Crippen molar-refractivity contribution in [2.45, 2.75) is 0 Å². The van der Waals surface area contributed by atoms with E-state index < -0.39 is 10.4 Å². The molecular formula is C13H12BrNO4S. The van der Waals surface area contributed by atoms with Crippen LogP contribution in [0.1, 0.15) is 0 Å². The summed E-state index contributed by atoms with van der Waals surface area (Å²) in [7, 11) is -4.67. The van der Waals surface area contributed by atoms with Crippen LogP contribution < -0.4 is 0 Å². The lowest BCUT2D eigenvalue weighted by atomic mass is 10.1. The Kier molecular flexibility index (Phi) is 5.58. The topological polar surface area (TPSA) is 87.5 Å². The number of rotatable bonds is 0. The molecule has 5 nitrogen and oxygen atoms in total. The van der Waals surface area contributed by atoms with E-state index in [-0.39, 0.29) is 17.0 Å². The van der Waals surface area contributed by atoms with Crippen molar-refractivity contribution < 1.29 is 17.5 Å². The first kappa shape index (κ1) is 16.5. The lowest BCUT2D eigenvalue weighted by molar-refractivity contribution is 0.381. The minimum Gasteiger partial charge on any atom is -0.264 e. The van der Waals surface area contributed by atoms with Gasteiger partial charge in [-0.15, -0.1) is 17.0 Å². The second-order valence-corrected chi connectivity index (χ2v) is 4.72. The van der Waals surface area contributed by atoms with Crippen molar-refractivity contribution in [2.75, 3.05) is 0 Å². The van der Waals surface area contributed by atoms with Crippen LogP contribution in [0.5, 0.6) is 0 Å². The van der Waals surface area contributed by atoms with Crippen LogP contribution in [-0.4, -0.2) is 22.5 Å². The number of halogens is 1. The van der Waals surface area contributed by atoms with Crippen molar-refractivity contribution in [2.24, 2.45) is 0 Å². The summed E-state index contributed by atoms with van der Waals surface area (Å²) in [5, 5.41) is 2.40. The summed E-state index contributed by atoms with van der Waals surface area (Å²) in [6.07, 6.45) is 0. The molecule has 0 aliphatic rings. The first-order chi connectivity index (χ1) is 8.93. The number of nitrogens with zero attached hydrogens (tertiary/aromatic N) is 1. The maximum absolute atomic E-state index is 8.74. The van der Waals surface area contributed by atoms with Gasteiger partial charge in [0.25, 0.3) is 0 Å². The van der Waals surface area contributed by atoms with Crippen LogP contribution in [-0.2, 0) is 10.4 Å². The van der Waals surface area contributed by atoms with E-state index in [4.69, 9.17) is 17.5 Å². The second-order valence-electron chi connectivity index (χ2n) is 3.82. The number of hydrogen-bond acceptors (Lipinski definition) is 3. The van der Waals surface area contributed by atoms with Gasteiger partial charge in [-0.1, -0.05) is 36.4 Å². The lowest BCUT2D eigenvalue weighted by Gasteiger charge is -1.99. The molecule has 0 aliphatic heterocycles. The van der Waals surface area contributed by atoms with Crippen LogP contribution >= 0.6 is 17.0 Å². The maximum Gasteiger partial charge on any atom is 0.394 e. The number of aromatic nitrogens is 1. The van der Waals surface area contributed by atoms with Gasteiger partial charge in [0, 0.05) is 10.8 Å². The van der Waals surface area contributed by atoms with Crippen molar-refractivity contribution in [1.29, 1.82) is 0 Å². The Hall–Kier alpha value is -1.54. The van der Waals surface area contributed by atoms with Crippen molar-refractivity contribution in [3.63, 3.8) is 0 Å². The zero-order valence-electron chi connectivity index (χ0n) is 10.2. The molecule has 1 heterocycles. The smallest absolute Gasteiger partial charge is 0.264 e. The normalized spacial score (nSPS) is 10.5. The van der Waals surface area contributed by atoms with E-state index in [2.05, 4.69) is 23.2 Å². The van der Waals surface area contributed by atoms with Gasteiger partial charge < -0.3 is 0 Å². The fourth-order valence-electron chi connectivity index (χ4n) is 1.72. The molecule has 1 aromatic heterocycles. The van der Waals surface area contributed by atoms with Crippen molar-refractivity contribution in [3.05, 3.63) is 54.6 Å². The summed E-state index contributed by atoms with van der Waals surface area (Å²) in [6, 6.07) is 18.6. The molecule has 3 aromatic rings. The summed E-state index contributed by atoms with van der Waals surface area (Å²) in [6.45, 7) is 0. The molecule has 3 rings (SSSR count). The van der Waals surface area contributed by atoms with Gasteiger partial charge in [0.15, 0.2) is 0 Å². The number of para-hydroxylation sites is 2. The van der Waals surface area contributed by atoms with E-state index in [1.807, 2.05) is 36.4 Å². The Bertz CT molecular complexity index is 708. The molecule has 0 unspecified atom stereocenters. The van der Waals surface area contributed by atoms with Crippen LogP contribution in [0.15, 0.2) is 54.6 Å². The van der Waals surface area contributed by atoms with Crippen molar-refractivity contribution in [1.82, 2.24) is 4.98 Å². The molecule has 0 aliphatic carbocycles. The first-order valence-corrected chi connectivity index (χ1v) is 6.77. The predicted octanol–water partition coefficient (Wildman–Crippen LogP) is 3.31. The molecule has 0 fully saturated rings. The second kappa shape index (κ2) is 6.76. The summed E-state index contributed by atoms with van der Waals surface area (Å²) in [5.74, 6) is 0. The largest absolute Gasteiger partial charge is 0.394 e. The van der Waals surface area contributed by atoms with Gasteiger partial charge in [-0.05, 0) is 18.2 Å². The Morgan fingerprint density at radius 3 is 1.55 bits per heavy atom. The predicted molar refractivity (Wildman–Crippen MR) is 83.7 cm³/mol. The SMILES string of the molecule is Br.O=S(=O)(O)O.c1ccc2nc3ccccc3cc2c1. The third-order valence-electron chi connectivity index (χ3n) is 2.43. The Morgan fingerprint density at radius 2 is 1.15 bits per heavy atom. The van der Waals surface area contributed by atoms with Gasteiger partial charge in [-0.3, -0.25) is 9.11 Å². The lowest BCUT2D eigenvalue weighted by Crippen LogP contribution is -1.89. The van der Waals surface area contributed by atoms with Crippen LogP contribution in [0.25, 0.3) is 21.8 Å². The van der Waals surface area contributed by atoms with Gasteiger partial charge in [0.2, 0.25) is 0 Å². The first-order valence-electron chi connectivity index (χ1n) is 5.38. The number of fused-ring (bicyclic) bond motifs is 2. The summed E-state index contributed by atoms with van der Waals surface area (Å²) < 4.78 is 31.6. The molecule has 0 spiro atoms. The standard InChI is InChI=1S/C13H9N.BrH.H2O4S/c1-3-7-12-10(5-1)9-11-6-2-4-8-13(11)14-12;;1-5(2,3)4/h1-9H;1H;(H2,1,2,3,4). The van der Waals surface area contributed by atoms with Gasteiger partial charge in [-0.2, -0.15) is 8.42 Å². The third-order valence-corrected chi connectivity index (χ3v) is 2.43. The average Bonchev–Trinajstić information content (AvgIpc) is 2.34. The van der Waals surface area contributed by atoms with Crippen LogP contribution in [0.4, 0.5) is 0 Å². The van der Waals surface area contributed by atoms with Crippen molar-refractivity contribution >= 4 is 49.2 Å². The zero-order chi connectivity index (χ0) is 13.9. The van der Waals surface area contributed by atoms with Gasteiger partial charge >= 0.3 is 10.4 Å². The molecule has 0 radical (unpaired) electrons. The van der Waals surface area contributed by atoms with E-state index >= 15 is 0 Å². The number of pyridine rings is 1. The highest BCUT2D eigenvalue weighted by Crippen LogP contribution is 2.18. The molecule has 7 heteroatoms. The van der Waals surface area contributed by atoms with E-state index in [0.29, 0.717) is 0 Å². The van der Waals surface area contributed by atoms with Crippen LogP contribution in [0, 0.1) is 0 Å². The molecule has 0 amide bonds. The van der Waals surface area contributed by atoms with Gasteiger partial charge in [0.05, 0.1) is 11.0 Å². The summed E-state index contributed by atoms with van der Waals surface area (Å²) >= 11 is 0. The van der Waals surface area contributed by atoms with E-state index in [1.165, 1.54) is 10.8 Å². The highest BCUT2D eigenvalue weighted by atomic mass is 79.9. The molecule has 2 N–H and O–H groups in total. The van der Waals surface area contributed by atoms with Crippen molar-refractivity contribution in [3.8, 4) is 0 Å². The molecule has 0 saturated heterocycles. The summed E-state index contributed by atoms with van der Waals surface area (Å²) in [4.78, 5) is 4.58. The fraction of sp³-hybridized carbons (Fsp3) is 0. The molecule has 20 heavy (non-hydrogen) atoms. The highest BCUT2D eigenvalue weighted by molar-refractivity contribution is 8.93. The number of benzene rings is 2. The fourth-order valence-corrected chi connectivity index (χ4v) is 1.72. The molecular weight excluding hydrogens is 346 g/mol. The number of hydrogen-bond donors (Lipinski definition) is 2. The third kappa shape index (κ3) is 4.86. The molecule has 106 valence electrons. The maximum atomic E-state index is 8.74. The monoisotopic (exact) mass is 357 g/mol. The van der Waals surface area contributed by atoms with E-state index in [1.54, 1.807) is 0 Å². The Balaban J connectivity index is 0.000000293. The van der Waals surface area contributed by atoms with Gasteiger partial charge in [0.1, 0.15) is 0 Å². The van der Waals surface area contributed by atoms with Crippen LogP contribution in [0.2, 0.25) is 0 Å². The molecule has 2 aromatic carbocycles. The minimum absolute atomic E-state index is 0. The van der Waals surface area contributed by atoms with Crippen LogP contribution in [0.3, 0.4) is 0 Å². The zero-order valence-corrected chi connectivity index (χ0v) is 12.7. The molecule has 0 saturated carbocycles. The highest BCUT2D eigenvalue weighted by Gasteiger charge is 1.96. The Labute approximate surface area is 126 Å². The summed E-state index contributed by atoms with van der Waals surface area (Å²) in [5.41, 5.74) is 2.12. The average molecular weight is 358 g/mol. The quantitative estimate of drug-likeness (QED) is 0.476. The van der Waals surface area contributed by atoms with E-state index in [0.717, 1.165) is 11.0 Å². The Morgan fingerprint density at radius 1 is 0.800 bits per heavy atom. The van der Waals surface area contributed by atoms with E-state index in [9.17, 15) is 0 Å². The molecule has 0 bridgehead atoms. The minimum atomic E-state index is -4.67. The van der Waals surface area contributed by atoms with Gasteiger partial charge in [-0.25, -0.2) is 4.98 Å². The molecule has 0 atom stereocenters.